The standard InChI is InChI=1S/C37H48N4O6S/c1-26(2)21-22-40(3)33-20-17-30(23-34(33)41(4)25-27-11-7-5-8-12-27)36(43)38-32(28-13-9-6-10-14-28)24-35(42)39-48(46,47)31-18-15-29(16-19-31)37(44)45/h5,7-8,11-12,15-20,23,26,28,32H,6,9-10,13-14,21-22,24-25H2,1-4H3,(H,38,43)(H,39,42)(H,44,45). The fourth-order valence-corrected chi connectivity index (χ4v) is 7.15. The number of hydrogen-bond acceptors (Lipinski definition) is 7. The number of rotatable bonds is 15. The van der Waals surface area contributed by atoms with Crippen LogP contribution in [0.4, 0.5) is 11.4 Å². The van der Waals surface area contributed by atoms with Crippen LogP contribution in [0.5, 0.6) is 0 Å². The highest BCUT2D eigenvalue weighted by molar-refractivity contribution is 7.90. The highest BCUT2D eigenvalue weighted by Crippen LogP contribution is 2.32. The number of nitrogens with zero attached hydrogens (tertiary/aromatic N) is 2. The van der Waals surface area contributed by atoms with Gasteiger partial charge in [-0.05, 0) is 79.1 Å². The Kier molecular flexibility index (Phi) is 12.6. The molecule has 0 heterocycles. The molecule has 0 bridgehead atoms. The molecule has 1 fully saturated rings. The predicted molar refractivity (Wildman–Crippen MR) is 189 cm³/mol. The van der Waals surface area contributed by atoms with Crippen molar-refractivity contribution in [2.75, 3.05) is 30.4 Å². The van der Waals surface area contributed by atoms with Gasteiger partial charge < -0.3 is 20.2 Å². The molecule has 0 spiro atoms. The third-order valence-corrected chi connectivity index (χ3v) is 10.4. The largest absolute Gasteiger partial charge is 0.478 e. The lowest BCUT2D eigenvalue weighted by atomic mass is 9.82. The van der Waals surface area contributed by atoms with Gasteiger partial charge in [0.25, 0.3) is 15.9 Å². The van der Waals surface area contributed by atoms with Crippen molar-refractivity contribution in [2.45, 2.75) is 76.3 Å². The lowest BCUT2D eigenvalue weighted by Crippen LogP contribution is -2.45. The molecule has 1 atom stereocenters. The van der Waals surface area contributed by atoms with Crippen LogP contribution < -0.4 is 19.8 Å². The molecule has 1 unspecified atom stereocenters. The van der Waals surface area contributed by atoms with Gasteiger partial charge in [-0.2, -0.15) is 0 Å². The van der Waals surface area contributed by atoms with E-state index in [2.05, 4.69) is 52.9 Å². The van der Waals surface area contributed by atoms with Crippen LogP contribution in [-0.2, 0) is 21.4 Å². The molecule has 2 amide bonds. The number of aromatic carboxylic acids is 1. The van der Waals surface area contributed by atoms with E-state index in [0.717, 1.165) is 74.1 Å². The summed E-state index contributed by atoms with van der Waals surface area (Å²) in [6, 6.07) is 19.9. The summed E-state index contributed by atoms with van der Waals surface area (Å²) in [5, 5.41) is 12.2. The summed E-state index contributed by atoms with van der Waals surface area (Å²) in [7, 11) is -0.171. The van der Waals surface area contributed by atoms with Gasteiger partial charge in [0, 0.05) is 45.2 Å². The zero-order valence-electron chi connectivity index (χ0n) is 28.3. The number of hydrogen-bond donors (Lipinski definition) is 3. The van der Waals surface area contributed by atoms with Gasteiger partial charge in [-0.15, -0.1) is 0 Å². The minimum absolute atomic E-state index is 0.0210. The van der Waals surface area contributed by atoms with E-state index in [9.17, 15) is 22.8 Å². The second-order valence-corrected chi connectivity index (χ2v) is 14.9. The summed E-state index contributed by atoms with van der Waals surface area (Å²) in [5.74, 6) is -1.68. The van der Waals surface area contributed by atoms with Crippen molar-refractivity contribution in [3.8, 4) is 0 Å². The van der Waals surface area contributed by atoms with Gasteiger partial charge in [0.1, 0.15) is 0 Å². The van der Waals surface area contributed by atoms with Crippen LogP contribution >= 0.6 is 0 Å². The molecule has 4 rings (SSSR count). The number of benzene rings is 3. The van der Waals surface area contributed by atoms with Crippen LogP contribution in [0.15, 0.2) is 77.7 Å². The number of carboxylic acids is 1. The Morgan fingerprint density at radius 2 is 1.50 bits per heavy atom. The zero-order chi connectivity index (χ0) is 34.8. The molecule has 0 aliphatic heterocycles. The molecule has 0 aromatic heterocycles. The maximum Gasteiger partial charge on any atom is 0.335 e. The number of sulfonamides is 1. The minimum Gasteiger partial charge on any atom is -0.478 e. The first-order chi connectivity index (χ1) is 22.8. The van der Waals surface area contributed by atoms with Crippen molar-refractivity contribution in [3.05, 3.63) is 89.5 Å². The van der Waals surface area contributed by atoms with E-state index >= 15 is 0 Å². The second kappa shape index (κ2) is 16.6. The molecule has 0 saturated heterocycles. The van der Waals surface area contributed by atoms with Crippen LogP contribution in [0, 0.1) is 11.8 Å². The van der Waals surface area contributed by atoms with Crippen LogP contribution in [-0.4, -0.2) is 58.0 Å². The lowest BCUT2D eigenvalue weighted by molar-refractivity contribution is -0.120. The first-order valence-electron chi connectivity index (χ1n) is 16.6. The van der Waals surface area contributed by atoms with E-state index in [-0.39, 0.29) is 28.7 Å². The molecular weight excluding hydrogens is 628 g/mol. The van der Waals surface area contributed by atoms with Crippen LogP contribution in [0.1, 0.15) is 85.1 Å². The summed E-state index contributed by atoms with van der Waals surface area (Å²) in [6.07, 6.45) is 5.48. The van der Waals surface area contributed by atoms with E-state index in [1.165, 1.54) is 12.1 Å². The van der Waals surface area contributed by atoms with Crippen LogP contribution in [0.2, 0.25) is 0 Å². The van der Waals surface area contributed by atoms with Crippen LogP contribution in [0.25, 0.3) is 0 Å². The van der Waals surface area contributed by atoms with E-state index in [1.54, 1.807) is 6.07 Å². The Bertz CT molecular complexity index is 1650. The first-order valence-corrected chi connectivity index (χ1v) is 18.1. The number of carbonyl (C=O) groups is 3. The van der Waals surface area contributed by atoms with Crippen molar-refractivity contribution >= 4 is 39.2 Å². The molecule has 0 radical (unpaired) electrons. The number of anilines is 2. The third-order valence-electron chi connectivity index (χ3n) is 8.96. The van der Waals surface area contributed by atoms with Gasteiger partial charge in [-0.3, -0.25) is 9.59 Å². The lowest BCUT2D eigenvalue weighted by Gasteiger charge is -2.31. The van der Waals surface area contributed by atoms with Gasteiger partial charge >= 0.3 is 5.97 Å². The van der Waals surface area contributed by atoms with Gasteiger partial charge in [-0.25, -0.2) is 17.9 Å². The fourth-order valence-electron chi connectivity index (χ4n) is 6.16. The van der Waals surface area contributed by atoms with Gasteiger partial charge in [0.05, 0.1) is 21.8 Å². The molecule has 48 heavy (non-hydrogen) atoms. The highest BCUT2D eigenvalue weighted by Gasteiger charge is 2.30. The van der Waals surface area contributed by atoms with E-state index < -0.39 is 27.9 Å². The summed E-state index contributed by atoms with van der Waals surface area (Å²) in [4.78, 5) is 42.3. The Hall–Kier alpha value is -4.38. The summed E-state index contributed by atoms with van der Waals surface area (Å²) in [5.41, 5.74) is 3.45. The third kappa shape index (κ3) is 10.1. The van der Waals surface area contributed by atoms with Crippen molar-refractivity contribution in [1.29, 1.82) is 0 Å². The Balaban J connectivity index is 1.55. The number of carboxylic acid groups (broad SMARTS) is 1. The van der Waals surface area contributed by atoms with Crippen molar-refractivity contribution in [2.24, 2.45) is 11.8 Å². The molecule has 3 aromatic rings. The molecule has 3 aromatic carbocycles. The van der Waals surface area contributed by atoms with Crippen molar-refractivity contribution in [1.82, 2.24) is 10.0 Å². The summed E-state index contributed by atoms with van der Waals surface area (Å²) in [6.45, 7) is 5.90. The summed E-state index contributed by atoms with van der Waals surface area (Å²) >= 11 is 0. The maximum atomic E-state index is 13.9. The number of nitrogens with one attached hydrogen (secondary N) is 2. The first kappa shape index (κ1) is 36.5. The average Bonchev–Trinajstić information content (AvgIpc) is 3.07. The average molecular weight is 677 g/mol. The molecule has 10 nitrogen and oxygen atoms in total. The normalized spacial score (nSPS) is 14.3. The maximum absolute atomic E-state index is 13.9. The number of carbonyl (C=O) groups excluding carboxylic acids is 2. The zero-order valence-corrected chi connectivity index (χ0v) is 29.1. The fraction of sp³-hybridized carbons (Fsp3) is 0.432. The Labute approximate surface area is 284 Å². The molecule has 11 heteroatoms. The monoisotopic (exact) mass is 676 g/mol. The molecule has 1 aliphatic carbocycles. The second-order valence-electron chi connectivity index (χ2n) is 13.2. The number of amides is 2. The molecule has 3 N–H and O–H groups in total. The predicted octanol–water partition coefficient (Wildman–Crippen LogP) is 6.08. The Morgan fingerprint density at radius 3 is 2.12 bits per heavy atom. The molecule has 258 valence electrons. The topological polar surface area (TPSA) is 136 Å². The molecule has 1 saturated carbocycles. The van der Waals surface area contributed by atoms with Crippen molar-refractivity contribution < 1.29 is 27.9 Å². The van der Waals surface area contributed by atoms with E-state index in [0.29, 0.717) is 18.0 Å². The summed E-state index contributed by atoms with van der Waals surface area (Å²) < 4.78 is 28.0. The molecular formula is C37H48N4O6S. The van der Waals surface area contributed by atoms with E-state index in [1.807, 2.05) is 37.4 Å². The SMILES string of the molecule is CC(C)CCN(C)c1ccc(C(=O)NC(CC(=O)NS(=O)(=O)c2ccc(C(=O)O)cc2)C2CCCCC2)cc1N(C)Cc1ccccc1. The van der Waals surface area contributed by atoms with Gasteiger partial charge in [0.15, 0.2) is 0 Å². The Morgan fingerprint density at radius 1 is 0.854 bits per heavy atom. The highest BCUT2D eigenvalue weighted by atomic mass is 32.2. The molecule has 1 aliphatic rings. The van der Waals surface area contributed by atoms with Gasteiger partial charge in [-0.1, -0.05) is 63.4 Å². The van der Waals surface area contributed by atoms with Crippen LogP contribution in [0.3, 0.4) is 0 Å². The van der Waals surface area contributed by atoms with Gasteiger partial charge in [0.2, 0.25) is 5.91 Å². The smallest absolute Gasteiger partial charge is 0.335 e. The van der Waals surface area contributed by atoms with Crippen molar-refractivity contribution in [3.63, 3.8) is 0 Å². The van der Waals surface area contributed by atoms with E-state index in [4.69, 9.17) is 5.11 Å². The minimum atomic E-state index is -4.24. The quantitative estimate of drug-likeness (QED) is 0.176.